The second-order valence-corrected chi connectivity index (χ2v) is 4.04. The zero-order valence-electron chi connectivity index (χ0n) is 10.8. The highest BCUT2D eigenvalue weighted by molar-refractivity contribution is 5.94. The number of benzene rings is 1. The Morgan fingerprint density at radius 3 is 2.72 bits per heavy atom. The van der Waals surface area contributed by atoms with Gasteiger partial charge in [0.1, 0.15) is 17.3 Å². The lowest BCUT2D eigenvalue weighted by Crippen LogP contribution is -1.96. The lowest BCUT2D eigenvalue weighted by Gasteiger charge is -2.07. The number of carbonyl (C=O) groups excluding carboxylic acids is 1. The van der Waals surface area contributed by atoms with E-state index in [2.05, 4.69) is 9.97 Å². The average Bonchev–Trinajstić information content (AvgIpc) is 2.72. The molecule has 0 radical (unpaired) electrons. The van der Waals surface area contributed by atoms with Crippen LogP contribution in [-0.4, -0.2) is 22.4 Å². The summed E-state index contributed by atoms with van der Waals surface area (Å²) < 4.78 is 5.56. The number of ether oxygens (including phenoxy) is 1. The van der Waals surface area contributed by atoms with Gasteiger partial charge in [-0.05, 0) is 26.0 Å². The molecule has 4 nitrogen and oxygen atoms in total. The lowest BCUT2D eigenvalue weighted by atomic mass is 10.2. The summed E-state index contributed by atoms with van der Waals surface area (Å²) in [7, 11) is 0. The van der Waals surface area contributed by atoms with Crippen LogP contribution in [0.4, 0.5) is 0 Å². The van der Waals surface area contributed by atoms with Gasteiger partial charge < -0.3 is 9.72 Å². The van der Waals surface area contributed by atoms with Crippen LogP contribution in [0.1, 0.15) is 30.0 Å². The second-order valence-electron chi connectivity index (χ2n) is 4.04. The van der Waals surface area contributed by atoms with Crippen LogP contribution in [-0.2, 0) is 0 Å². The minimum Gasteiger partial charge on any atom is -0.493 e. The van der Waals surface area contributed by atoms with Crippen LogP contribution in [0.15, 0.2) is 24.3 Å². The summed E-state index contributed by atoms with van der Waals surface area (Å²) in [6, 6.07) is 7.65. The second kappa shape index (κ2) is 5.04. The summed E-state index contributed by atoms with van der Waals surface area (Å²) in [5, 5.41) is 0. The third-order valence-corrected chi connectivity index (χ3v) is 2.66. The molecule has 0 spiro atoms. The molecule has 94 valence electrons. The van der Waals surface area contributed by atoms with E-state index in [0.29, 0.717) is 18.1 Å². The Morgan fingerprint density at radius 1 is 1.39 bits per heavy atom. The molecule has 0 amide bonds. The molecule has 2 rings (SSSR count). The minimum atomic E-state index is -0.0381. The predicted molar refractivity (Wildman–Crippen MR) is 69.9 cm³/mol. The van der Waals surface area contributed by atoms with E-state index in [1.165, 1.54) is 6.92 Å². The Morgan fingerprint density at radius 2 is 2.11 bits per heavy atom. The zero-order chi connectivity index (χ0) is 13.1. The standard InChI is InChI=1S/C14H16N2O2/c1-4-18-12-8-6-5-7-11(12)14-15-9(2)13(16-14)10(3)17/h5-8H,4H2,1-3H3,(H,15,16). The number of nitrogens with one attached hydrogen (secondary N) is 1. The Labute approximate surface area is 106 Å². The van der Waals surface area contributed by atoms with E-state index in [0.717, 1.165) is 17.0 Å². The van der Waals surface area contributed by atoms with Gasteiger partial charge in [0, 0.05) is 12.6 Å². The van der Waals surface area contributed by atoms with Crippen molar-refractivity contribution in [1.82, 2.24) is 9.97 Å². The van der Waals surface area contributed by atoms with Crippen molar-refractivity contribution >= 4 is 5.78 Å². The number of imidazole rings is 1. The number of carbonyl (C=O) groups is 1. The SMILES string of the molecule is CCOc1ccccc1-c1nc(C(C)=O)c(C)[nH]1. The third-order valence-electron chi connectivity index (χ3n) is 2.66. The van der Waals surface area contributed by atoms with E-state index in [4.69, 9.17) is 4.74 Å². The highest BCUT2D eigenvalue weighted by Gasteiger charge is 2.14. The van der Waals surface area contributed by atoms with E-state index in [1.54, 1.807) is 0 Å². The highest BCUT2D eigenvalue weighted by atomic mass is 16.5. The maximum absolute atomic E-state index is 11.4. The number of aromatic nitrogens is 2. The van der Waals surface area contributed by atoms with Gasteiger partial charge in [-0.1, -0.05) is 12.1 Å². The summed E-state index contributed by atoms with van der Waals surface area (Å²) in [5.74, 6) is 1.40. The minimum absolute atomic E-state index is 0.0381. The quantitative estimate of drug-likeness (QED) is 0.841. The molecular weight excluding hydrogens is 228 g/mol. The van der Waals surface area contributed by atoms with E-state index in [-0.39, 0.29) is 5.78 Å². The zero-order valence-corrected chi connectivity index (χ0v) is 10.8. The molecule has 18 heavy (non-hydrogen) atoms. The molecule has 0 saturated carbocycles. The van der Waals surface area contributed by atoms with Crippen LogP contribution < -0.4 is 4.74 Å². The van der Waals surface area contributed by atoms with Gasteiger partial charge in [0.25, 0.3) is 0 Å². The van der Waals surface area contributed by atoms with Crippen LogP contribution in [0.3, 0.4) is 0 Å². The van der Waals surface area contributed by atoms with Gasteiger partial charge >= 0.3 is 0 Å². The Bertz CT molecular complexity index is 573. The molecular formula is C14H16N2O2. The highest BCUT2D eigenvalue weighted by Crippen LogP contribution is 2.28. The van der Waals surface area contributed by atoms with E-state index >= 15 is 0 Å². The monoisotopic (exact) mass is 244 g/mol. The fourth-order valence-corrected chi connectivity index (χ4v) is 1.87. The molecule has 1 aromatic heterocycles. The van der Waals surface area contributed by atoms with E-state index < -0.39 is 0 Å². The van der Waals surface area contributed by atoms with Gasteiger partial charge in [0.2, 0.25) is 0 Å². The smallest absolute Gasteiger partial charge is 0.179 e. The number of nitrogens with zero attached hydrogens (tertiary/aromatic N) is 1. The number of rotatable bonds is 4. The molecule has 1 N–H and O–H groups in total. The van der Waals surface area contributed by atoms with Gasteiger partial charge in [0.05, 0.1) is 12.2 Å². The summed E-state index contributed by atoms with van der Waals surface area (Å²) in [4.78, 5) is 18.9. The van der Waals surface area contributed by atoms with E-state index in [9.17, 15) is 4.79 Å². The average molecular weight is 244 g/mol. The molecule has 1 aromatic carbocycles. The molecule has 0 aliphatic heterocycles. The Balaban J connectivity index is 2.48. The summed E-state index contributed by atoms with van der Waals surface area (Å²) in [6.07, 6.45) is 0. The lowest BCUT2D eigenvalue weighted by molar-refractivity contribution is 0.101. The number of H-pyrrole nitrogens is 1. The van der Waals surface area contributed by atoms with Crippen LogP contribution in [0, 0.1) is 6.92 Å². The number of Topliss-reactive ketones (excluding diaryl/α,β-unsaturated/α-hetero) is 1. The summed E-state index contributed by atoms with van der Waals surface area (Å²) in [5.41, 5.74) is 2.13. The van der Waals surface area contributed by atoms with Crippen LogP contribution in [0.25, 0.3) is 11.4 Å². The van der Waals surface area contributed by atoms with Crippen molar-refractivity contribution in [2.75, 3.05) is 6.61 Å². The molecule has 0 bridgehead atoms. The molecule has 0 unspecified atom stereocenters. The van der Waals surface area contributed by atoms with Gasteiger partial charge in [-0.3, -0.25) is 4.79 Å². The first-order valence-corrected chi connectivity index (χ1v) is 5.93. The maximum atomic E-state index is 11.4. The number of hydrogen-bond acceptors (Lipinski definition) is 3. The van der Waals surface area contributed by atoms with Crippen molar-refractivity contribution in [2.45, 2.75) is 20.8 Å². The maximum Gasteiger partial charge on any atom is 0.179 e. The first-order chi connectivity index (χ1) is 8.63. The van der Waals surface area contributed by atoms with Crippen molar-refractivity contribution in [3.63, 3.8) is 0 Å². The van der Waals surface area contributed by atoms with Crippen molar-refractivity contribution < 1.29 is 9.53 Å². The van der Waals surface area contributed by atoms with Gasteiger partial charge in [-0.2, -0.15) is 0 Å². The number of hydrogen-bond donors (Lipinski definition) is 1. The Kier molecular flexibility index (Phi) is 3.46. The molecule has 4 heteroatoms. The summed E-state index contributed by atoms with van der Waals surface area (Å²) in [6.45, 7) is 5.89. The largest absolute Gasteiger partial charge is 0.493 e. The normalized spacial score (nSPS) is 10.4. The molecule has 0 aliphatic carbocycles. The van der Waals surface area contributed by atoms with Gasteiger partial charge in [0.15, 0.2) is 5.78 Å². The number of aryl methyl sites for hydroxylation is 1. The summed E-state index contributed by atoms with van der Waals surface area (Å²) >= 11 is 0. The van der Waals surface area contributed by atoms with Crippen LogP contribution in [0.2, 0.25) is 0 Å². The first-order valence-electron chi connectivity index (χ1n) is 5.93. The molecule has 0 aliphatic rings. The van der Waals surface area contributed by atoms with Crippen molar-refractivity contribution in [2.24, 2.45) is 0 Å². The first kappa shape index (κ1) is 12.4. The van der Waals surface area contributed by atoms with Crippen molar-refractivity contribution in [3.8, 4) is 17.1 Å². The number of para-hydroxylation sites is 1. The Hall–Kier alpha value is -2.10. The van der Waals surface area contributed by atoms with Crippen molar-refractivity contribution in [3.05, 3.63) is 35.7 Å². The van der Waals surface area contributed by atoms with Gasteiger partial charge in [-0.25, -0.2) is 4.98 Å². The predicted octanol–water partition coefficient (Wildman–Crippen LogP) is 2.99. The molecule has 2 aromatic rings. The van der Waals surface area contributed by atoms with Gasteiger partial charge in [-0.15, -0.1) is 0 Å². The number of aromatic amines is 1. The third kappa shape index (κ3) is 2.27. The number of ketones is 1. The topological polar surface area (TPSA) is 55.0 Å². The van der Waals surface area contributed by atoms with Crippen molar-refractivity contribution in [1.29, 1.82) is 0 Å². The van der Waals surface area contributed by atoms with E-state index in [1.807, 2.05) is 38.1 Å². The molecule has 0 saturated heterocycles. The molecule has 1 heterocycles. The fraction of sp³-hybridized carbons (Fsp3) is 0.286. The van der Waals surface area contributed by atoms with Crippen LogP contribution in [0.5, 0.6) is 5.75 Å². The van der Waals surface area contributed by atoms with Crippen LogP contribution >= 0.6 is 0 Å². The fourth-order valence-electron chi connectivity index (χ4n) is 1.87. The molecule has 0 atom stereocenters. The molecule has 0 fully saturated rings.